The molecule has 1 nitrogen and oxygen atoms in total. The topological polar surface area (TPSA) is 3.24 Å². The van der Waals surface area contributed by atoms with Crippen LogP contribution in [0.25, 0.3) is 0 Å². The second-order valence-electron chi connectivity index (χ2n) is 3.83. The van der Waals surface area contributed by atoms with E-state index >= 15 is 0 Å². The normalized spacial score (nSPS) is 19.2. The van der Waals surface area contributed by atoms with Crippen LogP contribution in [0.15, 0.2) is 23.4 Å². The number of allylic oxidation sites excluding steroid dienone is 2. The van der Waals surface area contributed by atoms with Crippen molar-refractivity contribution in [3.8, 4) is 0 Å². The van der Waals surface area contributed by atoms with Crippen LogP contribution in [0, 0.1) is 0 Å². The first kappa shape index (κ1) is 11.7. The Morgan fingerprint density at radius 1 is 1.50 bits per heavy atom. The minimum absolute atomic E-state index is 1.17. The standard InChI is InChI=1S/C12H21NS/c1-4-5-6-7-12-11(2)10-14-9-8-13(12)3/h6-7H,4-5,8-10H2,1-3H3/b7-6-. The second-order valence-corrected chi connectivity index (χ2v) is 4.94. The fourth-order valence-corrected chi connectivity index (χ4v) is 2.58. The van der Waals surface area contributed by atoms with Crippen molar-refractivity contribution in [2.75, 3.05) is 25.1 Å². The van der Waals surface area contributed by atoms with Gasteiger partial charge >= 0.3 is 0 Å². The Bertz CT molecular complexity index is 230. The molecule has 0 saturated heterocycles. The molecule has 0 aromatic carbocycles. The summed E-state index contributed by atoms with van der Waals surface area (Å²) >= 11 is 2.04. The van der Waals surface area contributed by atoms with Crippen molar-refractivity contribution in [3.05, 3.63) is 23.4 Å². The number of likely N-dealkylation sites (N-methyl/N-ethyl adjacent to an activating group) is 1. The van der Waals surface area contributed by atoms with Gasteiger partial charge in [0, 0.05) is 30.8 Å². The van der Waals surface area contributed by atoms with E-state index in [1.807, 2.05) is 11.8 Å². The molecule has 14 heavy (non-hydrogen) atoms. The smallest absolute Gasteiger partial charge is 0.0358 e. The zero-order valence-electron chi connectivity index (χ0n) is 9.55. The number of thioether (sulfide) groups is 1. The minimum Gasteiger partial charge on any atom is -0.374 e. The molecule has 80 valence electrons. The molecule has 0 aromatic heterocycles. The fourth-order valence-electron chi connectivity index (χ4n) is 1.58. The molecule has 0 unspecified atom stereocenters. The highest BCUT2D eigenvalue weighted by molar-refractivity contribution is 7.99. The summed E-state index contributed by atoms with van der Waals surface area (Å²) in [5.41, 5.74) is 2.95. The first-order chi connectivity index (χ1) is 6.75. The Labute approximate surface area is 92.3 Å². The summed E-state index contributed by atoms with van der Waals surface area (Å²) in [4.78, 5) is 2.38. The predicted molar refractivity (Wildman–Crippen MR) is 66.7 cm³/mol. The molecule has 0 saturated carbocycles. The third kappa shape index (κ3) is 3.41. The Kier molecular flexibility index (Phi) is 5.16. The number of rotatable bonds is 3. The molecule has 0 atom stereocenters. The van der Waals surface area contributed by atoms with Gasteiger partial charge in [0.1, 0.15) is 0 Å². The van der Waals surface area contributed by atoms with E-state index in [-0.39, 0.29) is 0 Å². The Hall–Kier alpha value is -0.370. The second kappa shape index (κ2) is 6.18. The van der Waals surface area contributed by atoms with E-state index in [0.717, 1.165) is 0 Å². The zero-order valence-corrected chi connectivity index (χ0v) is 10.4. The van der Waals surface area contributed by atoms with Gasteiger partial charge in [-0.25, -0.2) is 0 Å². The molecular formula is C12H21NS. The summed E-state index contributed by atoms with van der Waals surface area (Å²) in [5.74, 6) is 2.44. The monoisotopic (exact) mass is 211 g/mol. The molecule has 0 aliphatic carbocycles. The minimum atomic E-state index is 1.17. The maximum absolute atomic E-state index is 2.38. The Morgan fingerprint density at radius 2 is 2.29 bits per heavy atom. The van der Waals surface area contributed by atoms with Gasteiger partial charge in [-0.1, -0.05) is 19.4 Å². The largest absolute Gasteiger partial charge is 0.374 e. The van der Waals surface area contributed by atoms with Crippen molar-refractivity contribution in [1.29, 1.82) is 0 Å². The Balaban J connectivity index is 2.68. The van der Waals surface area contributed by atoms with Gasteiger partial charge in [-0.3, -0.25) is 0 Å². The third-order valence-electron chi connectivity index (χ3n) is 2.47. The van der Waals surface area contributed by atoms with Crippen LogP contribution in [0.2, 0.25) is 0 Å². The highest BCUT2D eigenvalue weighted by atomic mass is 32.2. The molecule has 2 heteroatoms. The number of nitrogens with zero attached hydrogens (tertiary/aromatic N) is 1. The molecule has 0 fully saturated rings. The predicted octanol–water partition coefficient (Wildman–Crippen LogP) is 3.30. The lowest BCUT2D eigenvalue weighted by molar-refractivity contribution is 0.457. The molecular weight excluding hydrogens is 190 g/mol. The maximum atomic E-state index is 2.38. The van der Waals surface area contributed by atoms with Gasteiger partial charge in [0.15, 0.2) is 0 Å². The maximum Gasteiger partial charge on any atom is 0.0358 e. The van der Waals surface area contributed by atoms with Crippen molar-refractivity contribution in [1.82, 2.24) is 4.90 Å². The number of hydrogen-bond donors (Lipinski definition) is 0. The number of unbranched alkanes of at least 4 members (excludes halogenated alkanes) is 1. The molecule has 0 radical (unpaired) electrons. The van der Waals surface area contributed by atoms with E-state index in [2.05, 4.69) is 37.9 Å². The summed E-state index contributed by atoms with van der Waals surface area (Å²) in [6.45, 7) is 5.65. The molecule has 1 aliphatic rings. The molecule has 1 aliphatic heterocycles. The zero-order chi connectivity index (χ0) is 10.4. The van der Waals surface area contributed by atoms with Crippen LogP contribution in [-0.4, -0.2) is 30.0 Å². The van der Waals surface area contributed by atoms with Gasteiger partial charge in [0.2, 0.25) is 0 Å². The molecule has 0 N–H and O–H groups in total. The van der Waals surface area contributed by atoms with E-state index in [1.54, 1.807) is 0 Å². The summed E-state index contributed by atoms with van der Waals surface area (Å²) in [7, 11) is 2.20. The fraction of sp³-hybridized carbons (Fsp3) is 0.667. The van der Waals surface area contributed by atoms with E-state index in [1.165, 1.54) is 42.2 Å². The van der Waals surface area contributed by atoms with Gasteiger partial charge in [0.05, 0.1) is 0 Å². The molecule has 0 amide bonds. The van der Waals surface area contributed by atoms with Gasteiger partial charge < -0.3 is 4.90 Å². The summed E-state index contributed by atoms with van der Waals surface area (Å²) in [6.07, 6.45) is 7.02. The van der Waals surface area contributed by atoms with Crippen LogP contribution in [-0.2, 0) is 0 Å². The van der Waals surface area contributed by atoms with E-state index in [0.29, 0.717) is 0 Å². The number of hydrogen-bond acceptors (Lipinski definition) is 2. The first-order valence-corrected chi connectivity index (χ1v) is 6.56. The average molecular weight is 211 g/mol. The van der Waals surface area contributed by atoms with Crippen LogP contribution in [0.1, 0.15) is 26.7 Å². The summed E-state index contributed by atoms with van der Waals surface area (Å²) in [5, 5.41) is 0. The van der Waals surface area contributed by atoms with Crippen LogP contribution in [0.3, 0.4) is 0 Å². The van der Waals surface area contributed by atoms with E-state index < -0.39 is 0 Å². The lowest BCUT2D eigenvalue weighted by Crippen LogP contribution is -2.19. The van der Waals surface area contributed by atoms with Crippen molar-refractivity contribution < 1.29 is 0 Å². The highest BCUT2D eigenvalue weighted by Gasteiger charge is 2.09. The molecule has 0 spiro atoms. The van der Waals surface area contributed by atoms with Crippen LogP contribution >= 0.6 is 11.8 Å². The first-order valence-electron chi connectivity index (χ1n) is 5.41. The summed E-state index contributed by atoms with van der Waals surface area (Å²) in [6, 6.07) is 0. The van der Waals surface area contributed by atoms with Crippen LogP contribution in [0.5, 0.6) is 0 Å². The van der Waals surface area contributed by atoms with Crippen LogP contribution < -0.4 is 0 Å². The molecule has 0 aromatic rings. The van der Waals surface area contributed by atoms with Crippen molar-refractivity contribution in [2.45, 2.75) is 26.7 Å². The Morgan fingerprint density at radius 3 is 3.00 bits per heavy atom. The van der Waals surface area contributed by atoms with Crippen LogP contribution in [0.4, 0.5) is 0 Å². The third-order valence-corrected chi connectivity index (χ3v) is 3.58. The van der Waals surface area contributed by atoms with Gasteiger partial charge in [-0.2, -0.15) is 11.8 Å². The SMILES string of the molecule is CCC/C=C\C1=C(C)CSCCN1C. The molecule has 1 heterocycles. The van der Waals surface area contributed by atoms with Crippen molar-refractivity contribution >= 4 is 11.8 Å². The van der Waals surface area contributed by atoms with Gasteiger partial charge in [-0.15, -0.1) is 0 Å². The average Bonchev–Trinajstić information content (AvgIpc) is 2.32. The summed E-state index contributed by atoms with van der Waals surface area (Å²) < 4.78 is 0. The lowest BCUT2D eigenvalue weighted by atomic mass is 10.2. The lowest BCUT2D eigenvalue weighted by Gasteiger charge is -2.19. The van der Waals surface area contributed by atoms with Crippen molar-refractivity contribution in [2.24, 2.45) is 0 Å². The molecule has 1 rings (SSSR count). The van der Waals surface area contributed by atoms with E-state index in [4.69, 9.17) is 0 Å². The highest BCUT2D eigenvalue weighted by Crippen LogP contribution is 2.20. The molecule has 0 bridgehead atoms. The van der Waals surface area contributed by atoms with Gasteiger partial charge in [0.25, 0.3) is 0 Å². The quantitative estimate of drug-likeness (QED) is 0.704. The van der Waals surface area contributed by atoms with Crippen molar-refractivity contribution in [3.63, 3.8) is 0 Å². The van der Waals surface area contributed by atoms with E-state index in [9.17, 15) is 0 Å². The van der Waals surface area contributed by atoms with Gasteiger partial charge in [-0.05, 0) is 25.0 Å².